The summed E-state index contributed by atoms with van der Waals surface area (Å²) in [5.74, 6) is 1.00. The van der Waals surface area contributed by atoms with Crippen LogP contribution in [0.5, 0.6) is 0 Å². The fraction of sp³-hybridized carbons (Fsp3) is 0.385. The number of hydrogen-bond acceptors (Lipinski definition) is 5. The molecule has 0 radical (unpaired) electrons. The third kappa shape index (κ3) is 2.64. The number of likely N-dealkylation sites (tertiary alicyclic amines) is 1. The van der Waals surface area contributed by atoms with Gasteiger partial charge in [-0.25, -0.2) is 4.39 Å². The van der Waals surface area contributed by atoms with Gasteiger partial charge in [-0.05, 0) is 24.3 Å². The minimum atomic E-state index is -0.292. The molecule has 19 heavy (non-hydrogen) atoms. The van der Waals surface area contributed by atoms with Crippen molar-refractivity contribution in [2.75, 3.05) is 19.7 Å². The Morgan fingerprint density at radius 3 is 2.68 bits per heavy atom. The summed E-state index contributed by atoms with van der Waals surface area (Å²) in [7, 11) is 0. The van der Waals surface area contributed by atoms with E-state index < -0.39 is 0 Å². The number of aliphatic hydroxyl groups excluding tert-OH is 1. The molecule has 1 N–H and O–H groups in total. The van der Waals surface area contributed by atoms with Crippen LogP contribution in [0.4, 0.5) is 4.39 Å². The number of benzene rings is 1. The van der Waals surface area contributed by atoms with Crippen LogP contribution >= 0.6 is 0 Å². The van der Waals surface area contributed by atoms with Crippen LogP contribution in [0.2, 0.25) is 0 Å². The predicted octanol–water partition coefficient (Wildman–Crippen LogP) is 1.30. The Morgan fingerprint density at radius 1 is 1.26 bits per heavy atom. The molecule has 3 rings (SSSR count). The summed E-state index contributed by atoms with van der Waals surface area (Å²) in [4.78, 5) is 2.13. The monoisotopic (exact) mass is 263 g/mol. The highest BCUT2D eigenvalue weighted by molar-refractivity contribution is 5.51. The molecule has 1 aliphatic heterocycles. The van der Waals surface area contributed by atoms with Gasteiger partial charge in [0.05, 0.1) is 6.54 Å². The SMILES string of the molecule is OCC1CN(Cc2nnc(-c3ccc(F)cc3)o2)C1. The molecule has 0 saturated carbocycles. The van der Waals surface area contributed by atoms with Crippen LogP contribution in [0.3, 0.4) is 0 Å². The summed E-state index contributed by atoms with van der Waals surface area (Å²) in [5.41, 5.74) is 0.706. The lowest BCUT2D eigenvalue weighted by atomic mass is 10.0. The first-order valence-corrected chi connectivity index (χ1v) is 6.16. The molecule has 1 aromatic heterocycles. The molecular weight excluding hydrogens is 249 g/mol. The van der Waals surface area contributed by atoms with E-state index in [-0.39, 0.29) is 12.4 Å². The van der Waals surface area contributed by atoms with Crippen molar-refractivity contribution in [3.05, 3.63) is 36.0 Å². The van der Waals surface area contributed by atoms with E-state index in [1.807, 2.05) is 0 Å². The molecule has 0 aliphatic carbocycles. The molecule has 2 heterocycles. The molecule has 5 nitrogen and oxygen atoms in total. The first kappa shape index (κ1) is 12.3. The molecule has 0 atom stereocenters. The maximum absolute atomic E-state index is 12.8. The van der Waals surface area contributed by atoms with Crippen LogP contribution in [0.15, 0.2) is 28.7 Å². The standard InChI is InChI=1S/C13H14FN3O2/c14-11-3-1-10(2-4-11)13-16-15-12(19-13)7-17-5-9(6-17)8-18/h1-4,9,18H,5-8H2. The fourth-order valence-electron chi connectivity index (χ4n) is 2.14. The average Bonchev–Trinajstić information content (AvgIpc) is 2.82. The first-order chi connectivity index (χ1) is 9.24. The van der Waals surface area contributed by atoms with Crippen molar-refractivity contribution in [2.24, 2.45) is 5.92 Å². The largest absolute Gasteiger partial charge is 0.419 e. The van der Waals surface area contributed by atoms with Gasteiger partial charge in [0.15, 0.2) is 0 Å². The first-order valence-electron chi connectivity index (χ1n) is 6.16. The van der Waals surface area contributed by atoms with Crippen LogP contribution in [0.25, 0.3) is 11.5 Å². The number of halogens is 1. The van der Waals surface area contributed by atoms with Crippen LogP contribution in [0, 0.1) is 11.7 Å². The lowest BCUT2D eigenvalue weighted by molar-refractivity contribution is 0.0417. The summed E-state index contributed by atoms with van der Waals surface area (Å²) in [6, 6.07) is 5.94. The maximum atomic E-state index is 12.8. The Hall–Kier alpha value is -1.79. The van der Waals surface area contributed by atoms with Crippen molar-refractivity contribution < 1.29 is 13.9 Å². The highest BCUT2D eigenvalue weighted by atomic mass is 19.1. The van der Waals surface area contributed by atoms with E-state index >= 15 is 0 Å². The van der Waals surface area contributed by atoms with Crippen molar-refractivity contribution >= 4 is 0 Å². The normalized spacial score (nSPS) is 16.5. The molecule has 1 saturated heterocycles. The van der Waals surface area contributed by atoms with Gasteiger partial charge < -0.3 is 9.52 Å². The number of aromatic nitrogens is 2. The Balaban J connectivity index is 1.65. The Bertz CT molecular complexity index is 549. The predicted molar refractivity (Wildman–Crippen MR) is 65.5 cm³/mol. The van der Waals surface area contributed by atoms with Gasteiger partial charge in [-0.1, -0.05) is 0 Å². The Labute approximate surface area is 109 Å². The number of nitrogens with zero attached hydrogens (tertiary/aromatic N) is 3. The third-order valence-electron chi connectivity index (χ3n) is 3.21. The summed E-state index contributed by atoms with van der Waals surface area (Å²) < 4.78 is 18.3. The van der Waals surface area contributed by atoms with E-state index in [2.05, 4.69) is 15.1 Å². The zero-order valence-electron chi connectivity index (χ0n) is 10.3. The topological polar surface area (TPSA) is 62.4 Å². The van der Waals surface area contributed by atoms with Crippen molar-refractivity contribution in [1.29, 1.82) is 0 Å². The summed E-state index contributed by atoms with van der Waals surface area (Å²) in [6.07, 6.45) is 0. The van der Waals surface area contributed by atoms with Crippen molar-refractivity contribution in [1.82, 2.24) is 15.1 Å². The van der Waals surface area contributed by atoms with E-state index in [4.69, 9.17) is 9.52 Å². The van der Waals surface area contributed by atoms with Crippen LogP contribution < -0.4 is 0 Å². The van der Waals surface area contributed by atoms with Crippen LogP contribution in [-0.2, 0) is 6.54 Å². The van der Waals surface area contributed by atoms with Crippen molar-refractivity contribution in [3.63, 3.8) is 0 Å². The Kier molecular flexibility index (Phi) is 3.27. The van der Waals surface area contributed by atoms with E-state index in [9.17, 15) is 4.39 Å². The lowest BCUT2D eigenvalue weighted by Gasteiger charge is -2.37. The van der Waals surface area contributed by atoms with Gasteiger partial charge >= 0.3 is 0 Å². The summed E-state index contributed by atoms with van der Waals surface area (Å²) in [5, 5.41) is 16.9. The number of aliphatic hydroxyl groups is 1. The summed E-state index contributed by atoms with van der Waals surface area (Å²) in [6.45, 7) is 2.52. The zero-order valence-corrected chi connectivity index (χ0v) is 10.3. The molecule has 1 fully saturated rings. The quantitative estimate of drug-likeness (QED) is 0.900. The van der Waals surface area contributed by atoms with Gasteiger partial charge in [0.25, 0.3) is 0 Å². The summed E-state index contributed by atoms with van der Waals surface area (Å²) >= 11 is 0. The van der Waals surface area contributed by atoms with Crippen molar-refractivity contribution in [2.45, 2.75) is 6.54 Å². The van der Waals surface area contributed by atoms with Crippen LogP contribution in [0.1, 0.15) is 5.89 Å². The second-order valence-corrected chi connectivity index (χ2v) is 4.75. The molecule has 2 aromatic rings. The molecule has 0 unspecified atom stereocenters. The van der Waals surface area contributed by atoms with Gasteiger partial charge in [0.1, 0.15) is 5.82 Å². The van der Waals surface area contributed by atoms with E-state index in [1.54, 1.807) is 12.1 Å². The molecule has 1 aromatic carbocycles. The van der Waals surface area contributed by atoms with Gasteiger partial charge in [0, 0.05) is 31.2 Å². The molecule has 6 heteroatoms. The molecule has 1 aliphatic rings. The number of hydrogen-bond donors (Lipinski definition) is 1. The maximum Gasteiger partial charge on any atom is 0.247 e. The fourth-order valence-corrected chi connectivity index (χ4v) is 2.14. The van der Waals surface area contributed by atoms with E-state index in [1.165, 1.54) is 12.1 Å². The average molecular weight is 263 g/mol. The lowest BCUT2D eigenvalue weighted by Crippen LogP contribution is -2.47. The smallest absolute Gasteiger partial charge is 0.247 e. The zero-order chi connectivity index (χ0) is 13.2. The minimum absolute atomic E-state index is 0.223. The highest BCUT2D eigenvalue weighted by Crippen LogP contribution is 2.21. The van der Waals surface area contributed by atoms with Crippen LogP contribution in [-0.4, -0.2) is 39.9 Å². The van der Waals surface area contributed by atoms with E-state index in [0.29, 0.717) is 29.8 Å². The Morgan fingerprint density at radius 2 is 2.00 bits per heavy atom. The van der Waals surface area contributed by atoms with Gasteiger partial charge in [-0.2, -0.15) is 0 Å². The van der Waals surface area contributed by atoms with Gasteiger partial charge in [0.2, 0.25) is 11.8 Å². The molecular formula is C13H14FN3O2. The molecule has 100 valence electrons. The van der Waals surface area contributed by atoms with Crippen molar-refractivity contribution in [3.8, 4) is 11.5 Å². The highest BCUT2D eigenvalue weighted by Gasteiger charge is 2.27. The van der Waals surface area contributed by atoms with Gasteiger partial charge in [-0.3, -0.25) is 4.90 Å². The number of rotatable bonds is 4. The van der Waals surface area contributed by atoms with E-state index in [0.717, 1.165) is 13.1 Å². The second-order valence-electron chi connectivity index (χ2n) is 4.75. The second kappa shape index (κ2) is 5.07. The van der Waals surface area contributed by atoms with Gasteiger partial charge in [-0.15, -0.1) is 10.2 Å². The minimum Gasteiger partial charge on any atom is -0.419 e. The third-order valence-corrected chi connectivity index (χ3v) is 3.21. The molecule has 0 amide bonds. The molecule has 0 bridgehead atoms. The molecule has 0 spiro atoms.